The first-order chi connectivity index (χ1) is 16.7. The second-order valence-corrected chi connectivity index (χ2v) is 9.39. The van der Waals surface area contributed by atoms with E-state index in [1.165, 1.54) is 76.2 Å². The maximum absolute atomic E-state index is 12.3. The van der Waals surface area contributed by atoms with Crippen LogP contribution in [-0.4, -0.2) is 41.1 Å². The SMILES string of the molecule is CCCCCCCCCCCCCCCC(=NCCc1ccccc1)C1=C(O)C(CO)OC1=O. The molecule has 2 N–H and O–H groups in total. The van der Waals surface area contributed by atoms with Crippen molar-refractivity contribution in [1.29, 1.82) is 0 Å². The van der Waals surface area contributed by atoms with Gasteiger partial charge in [-0.05, 0) is 24.8 Å². The molecule has 0 aliphatic carbocycles. The number of benzene rings is 1. The van der Waals surface area contributed by atoms with Crippen LogP contribution in [0.1, 0.15) is 102 Å². The number of carbonyl (C=O) groups is 1. The molecule has 0 saturated heterocycles. The summed E-state index contributed by atoms with van der Waals surface area (Å²) in [6.45, 7) is 2.39. The molecule has 0 fully saturated rings. The number of rotatable bonds is 19. The Morgan fingerprint density at radius 2 is 1.44 bits per heavy atom. The molecule has 5 heteroatoms. The van der Waals surface area contributed by atoms with Crippen molar-refractivity contribution in [1.82, 2.24) is 0 Å². The highest BCUT2D eigenvalue weighted by molar-refractivity contribution is 6.21. The zero-order chi connectivity index (χ0) is 24.4. The Morgan fingerprint density at radius 1 is 0.882 bits per heavy atom. The predicted molar refractivity (Wildman–Crippen MR) is 139 cm³/mol. The third-order valence-electron chi connectivity index (χ3n) is 6.53. The molecule has 0 aromatic heterocycles. The smallest absolute Gasteiger partial charge is 0.344 e. The Labute approximate surface area is 206 Å². The van der Waals surface area contributed by atoms with Gasteiger partial charge in [0.2, 0.25) is 0 Å². The second kappa shape index (κ2) is 17.3. The van der Waals surface area contributed by atoms with Gasteiger partial charge in [-0.15, -0.1) is 0 Å². The number of aliphatic imine (C=N–C) groups is 1. The summed E-state index contributed by atoms with van der Waals surface area (Å²) in [6, 6.07) is 10.1. The van der Waals surface area contributed by atoms with Crippen LogP contribution in [-0.2, 0) is 16.0 Å². The largest absolute Gasteiger partial charge is 0.507 e. The molecule has 1 atom stereocenters. The molecule has 1 heterocycles. The Kier molecular flexibility index (Phi) is 14.3. The molecule has 5 nitrogen and oxygen atoms in total. The standard InChI is InChI=1S/C29H45NO4/c1-2-3-4-5-6-7-8-9-10-11-12-13-17-20-25(27-28(32)26(23-31)34-29(27)33)30-22-21-24-18-15-14-16-19-24/h14-16,18-19,26,31-32H,2-13,17,20-23H2,1H3. The van der Waals surface area contributed by atoms with Crippen LogP contribution in [0.25, 0.3) is 0 Å². The average Bonchev–Trinajstić information content (AvgIpc) is 3.14. The molecule has 1 aliphatic rings. The van der Waals surface area contributed by atoms with E-state index in [0.29, 0.717) is 18.7 Å². The molecule has 0 bridgehead atoms. The summed E-state index contributed by atoms with van der Waals surface area (Å²) in [6.07, 6.45) is 17.1. The van der Waals surface area contributed by atoms with Gasteiger partial charge in [0.25, 0.3) is 0 Å². The van der Waals surface area contributed by atoms with E-state index in [1.54, 1.807) is 0 Å². The number of cyclic esters (lactones) is 1. The zero-order valence-electron chi connectivity index (χ0n) is 21.1. The summed E-state index contributed by atoms with van der Waals surface area (Å²) in [5.41, 5.74) is 1.95. The van der Waals surface area contributed by atoms with E-state index in [-0.39, 0.29) is 11.3 Å². The van der Waals surface area contributed by atoms with E-state index in [9.17, 15) is 15.0 Å². The first-order valence-electron chi connectivity index (χ1n) is 13.5. The molecule has 1 aliphatic heterocycles. The van der Waals surface area contributed by atoms with Crippen molar-refractivity contribution in [3.63, 3.8) is 0 Å². The lowest BCUT2D eigenvalue weighted by molar-refractivity contribution is -0.141. The predicted octanol–water partition coefficient (Wildman–Crippen LogP) is 6.88. The van der Waals surface area contributed by atoms with Crippen molar-refractivity contribution in [3.8, 4) is 0 Å². The Balaban J connectivity index is 1.72. The minimum absolute atomic E-state index is 0.158. The van der Waals surface area contributed by atoms with E-state index in [1.807, 2.05) is 18.2 Å². The van der Waals surface area contributed by atoms with Crippen LogP contribution in [0.2, 0.25) is 0 Å². The molecule has 1 aromatic rings. The number of nitrogens with zero attached hydrogens (tertiary/aromatic N) is 1. The highest BCUT2D eigenvalue weighted by Crippen LogP contribution is 2.24. The van der Waals surface area contributed by atoms with Crippen molar-refractivity contribution in [2.75, 3.05) is 13.2 Å². The normalized spacial score (nSPS) is 16.4. The molecule has 1 aromatic carbocycles. The monoisotopic (exact) mass is 471 g/mol. The molecular formula is C29H45NO4. The Bertz CT molecular complexity index is 757. The van der Waals surface area contributed by atoms with Gasteiger partial charge in [0.1, 0.15) is 5.57 Å². The van der Waals surface area contributed by atoms with Gasteiger partial charge in [0, 0.05) is 6.54 Å². The third kappa shape index (κ3) is 10.4. The number of carbonyl (C=O) groups excluding carboxylic acids is 1. The van der Waals surface area contributed by atoms with Gasteiger partial charge >= 0.3 is 5.97 Å². The second-order valence-electron chi connectivity index (χ2n) is 9.39. The molecule has 0 saturated carbocycles. The number of ether oxygens (including phenoxy) is 1. The number of aliphatic hydroxyl groups is 2. The molecule has 34 heavy (non-hydrogen) atoms. The average molecular weight is 472 g/mol. The highest BCUT2D eigenvalue weighted by Gasteiger charge is 2.36. The van der Waals surface area contributed by atoms with Crippen LogP contribution in [0.5, 0.6) is 0 Å². The lowest BCUT2D eigenvalue weighted by Gasteiger charge is -2.08. The highest BCUT2D eigenvalue weighted by atomic mass is 16.6. The van der Waals surface area contributed by atoms with Crippen molar-refractivity contribution in [2.24, 2.45) is 4.99 Å². The minimum Gasteiger partial charge on any atom is -0.507 e. The number of esters is 1. The van der Waals surface area contributed by atoms with E-state index >= 15 is 0 Å². The Hall–Kier alpha value is -2.14. The quantitative estimate of drug-likeness (QED) is 0.131. The minimum atomic E-state index is -0.964. The lowest BCUT2D eigenvalue weighted by Crippen LogP contribution is -2.15. The van der Waals surface area contributed by atoms with E-state index in [2.05, 4.69) is 24.0 Å². The fourth-order valence-corrected chi connectivity index (χ4v) is 4.46. The van der Waals surface area contributed by atoms with Crippen molar-refractivity contribution < 1.29 is 19.7 Å². The van der Waals surface area contributed by atoms with E-state index in [0.717, 1.165) is 19.3 Å². The number of aliphatic hydroxyl groups excluding tert-OH is 2. The van der Waals surface area contributed by atoms with Crippen LogP contribution in [0.4, 0.5) is 0 Å². The summed E-state index contributed by atoms with van der Waals surface area (Å²) in [7, 11) is 0. The first kappa shape index (κ1) is 28.1. The molecule has 0 amide bonds. The summed E-state index contributed by atoms with van der Waals surface area (Å²) >= 11 is 0. The first-order valence-corrected chi connectivity index (χ1v) is 13.5. The van der Waals surface area contributed by atoms with E-state index < -0.39 is 18.7 Å². The number of unbranched alkanes of at least 4 members (excludes halogenated alkanes) is 12. The van der Waals surface area contributed by atoms with Gasteiger partial charge in [0.05, 0.1) is 12.3 Å². The number of hydrogen-bond donors (Lipinski definition) is 2. The molecule has 1 unspecified atom stereocenters. The molecule has 0 radical (unpaired) electrons. The van der Waals surface area contributed by atoms with Crippen molar-refractivity contribution in [3.05, 3.63) is 47.2 Å². The maximum Gasteiger partial charge on any atom is 0.344 e. The van der Waals surface area contributed by atoms with Crippen molar-refractivity contribution in [2.45, 2.75) is 109 Å². The third-order valence-corrected chi connectivity index (χ3v) is 6.53. The fraction of sp³-hybridized carbons (Fsp3) is 0.655. The molecular weight excluding hydrogens is 426 g/mol. The van der Waals surface area contributed by atoms with Crippen LogP contribution in [0.3, 0.4) is 0 Å². The Morgan fingerprint density at radius 3 is 1.97 bits per heavy atom. The summed E-state index contributed by atoms with van der Waals surface area (Å²) in [5, 5.41) is 19.8. The maximum atomic E-state index is 12.3. The van der Waals surface area contributed by atoms with Crippen LogP contribution in [0.15, 0.2) is 46.7 Å². The summed E-state index contributed by atoms with van der Waals surface area (Å²) in [5.74, 6) is -0.759. The molecule has 0 spiro atoms. The summed E-state index contributed by atoms with van der Waals surface area (Å²) in [4.78, 5) is 17.0. The topological polar surface area (TPSA) is 79.1 Å². The molecule has 2 rings (SSSR count). The van der Waals surface area contributed by atoms with Crippen LogP contribution in [0, 0.1) is 0 Å². The number of hydrogen-bond acceptors (Lipinski definition) is 5. The van der Waals surface area contributed by atoms with Crippen LogP contribution >= 0.6 is 0 Å². The van der Waals surface area contributed by atoms with E-state index in [4.69, 9.17) is 4.74 Å². The lowest BCUT2D eigenvalue weighted by atomic mass is 10.0. The fourth-order valence-electron chi connectivity index (χ4n) is 4.46. The van der Waals surface area contributed by atoms with Gasteiger partial charge in [-0.1, -0.05) is 114 Å². The zero-order valence-corrected chi connectivity index (χ0v) is 21.1. The van der Waals surface area contributed by atoms with Crippen molar-refractivity contribution >= 4 is 11.7 Å². The van der Waals surface area contributed by atoms with Gasteiger partial charge < -0.3 is 14.9 Å². The van der Waals surface area contributed by atoms with Gasteiger partial charge in [-0.2, -0.15) is 0 Å². The molecule has 190 valence electrons. The van der Waals surface area contributed by atoms with Crippen LogP contribution < -0.4 is 0 Å². The summed E-state index contributed by atoms with van der Waals surface area (Å²) < 4.78 is 5.11. The van der Waals surface area contributed by atoms with Gasteiger partial charge in [0.15, 0.2) is 11.9 Å². The van der Waals surface area contributed by atoms with Gasteiger partial charge in [-0.3, -0.25) is 4.99 Å². The van der Waals surface area contributed by atoms with Gasteiger partial charge in [-0.25, -0.2) is 4.79 Å².